The second-order valence-corrected chi connectivity index (χ2v) is 5.11. The zero-order valence-corrected chi connectivity index (χ0v) is 12.6. The van der Waals surface area contributed by atoms with Crippen molar-refractivity contribution in [2.24, 2.45) is 5.16 Å². The summed E-state index contributed by atoms with van der Waals surface area (Å²) in [6.07, 6.45) is 2.71. The van der Waals surface area contributed by atoms with Gasteiger partial charge in [-0.3, -0.25) is 0 Å². The van der Waals surface area contributed by atoms with Crippen LogP contribution in [0.2, 0.25) is 0 Å². The maximum atomic E-state index is 9.18. The van der Waals surface area contributed by atoms with Crippen LogP contribution in [-0.2, 0) is 9.47 Å². The Morgan fingerprint density at radius 2 is 2.10 bits per heavy atom. The first-order valence-corrected chi connectivity index (χ1v) is 7.48. The Bertz CT molecular complexity index is 463. The molecule has 0 atom stereocenters. The number of anilines is 1. The van der Waals surface area contributed by atoms with Gasteiger partial charge >= 0.3 is 0 Å². The van der Waals surface area contributed by atoms with Crippen molar-refractivity contribution in [2.45, 2.75) is 19.3 Å². The fourth-order valence-corrected chi connectivity index (χ4v) is 2.60. The van der Waals surface area contributed by atoms with E-state index in [9.17, 15) is 5.21 Å². The molecule has 0 saturated heterocycles. The van der Waals surface area contributed by atoms with Crippen LogP contribution in [-0.4, -0.2) is 50.9 Å². The van der Waals surface area contributed by atoms with E-state index < -0.39 is 0 Å². The van der Waals surface area contributed by atoms with Gasteiger partial charge in [0.15, 0.2) is 0 Å². The zero-order valence-electron chi connectivity index (χ0n) is 12.6. The van der Waals surface area contributed by atoms with Gasteiger partial charge in [0, 0.05) is 44.7 Å². The Hall–Kier alpha value is -1.59. The predicted molar refractivity (Wildman–Crippen MR) is 83.5 cm³/mol. The summed E-state index contributed by atoms with van der Waals surface area (Å²) in [4.78, 5) is 2.31. The Kier molecular flexibility index (Phi) is 6.50. The lowest BCUT2D eigenvalue weighted by molar-refractivity contribution is 0.107. The summed E-state index contributed by atoms with van der Waals surface area (Å²) < 4.78 is 10.6. The number of rotatable bonds is 7. The molecule has 0 aromatic heterocycles. The first-order valence-electron chi connectivity index (χ1n) is 7.48. The van der Waals surface area contributed by atoms with Crippen LogP contribution in [0.3, 0.4) is 0 Å². The van der Waals surface area contributed by atoms with Crippen molar-refractivity contribution in [2.75, 3.05) is 44.9 Å². The van der Waals surface area contributed by atoms with E-state index in [-0.39, 0.29) is 0 Å². The van der Waals surface area contributed by atoms with Gasteiger partial charge in [0.1, 0.15) is 0 Å². The lowest BCUT2D eigenvalue weighted by Gasteiger charge is -2.24. The Morgan fingerprint density at radius 1 is 1.24 bits per heavy atom. The maximum absolute atomic E-state index is 9.18. The standard InChI is InChI=1S/C16H24N2O3/c1-20-11-5-12-21-13-10-18-9-4-7-15(17-19)14-6-2-3-8-16(14)18/h2-3,6,8,19H,4-5,7,9-13H2,1H3/b17-15-. The lowest BCUT2D eigenvalue weighted by atomic mass is 10.1. The summed E-state index contributed by atoms with van der Waals surface area (Å²) in [5.74, 6) is 0. The molecule has 1 N–H and O–H groups in total. The van der Waals surface area contributed by atoms with Crippen LogP contribution in [0, 0.1) is 0 Å². The highest BCUT2D eigenvalue weighted by molar-refractivity contribution is 6.05. The van der Waals surface area contributed by atoms with Crippen molar-refractivity contribution in [3.05, 3.63) is 29.8 Å². The Morgan fingerprint density at radius 3 is 2.90 bits per heavy atom. The molecule has 5 nitrogen and oxygen atoms in total. The van der Waals surface area contributed by atoms with Gasteiger partial charge in [-0.15, -0.1) is 0 Å². The highest BCUT2D eigenvalue weighted by Crippen LogP contribution is 2.26. The number of para-hydroxylation sites is 1. The van der Waals surface area contributed by atoms with Gasteiger partial charge in [-0.1, -0.05) is 23.4 Å². The molecule has 1 heterocycles. The number of hydrogen-bond donors (Lipinski definition) is 1. The molecule has 1 aromatic rings. The smallest absolute Gasteiger partial charge is 0.0889 e. The molecule has 0 saturated carbocycles. The van der Waals surface area contributed by atoms with Gasteiger partial charge in [0.25, 0.3) is 0 Å². The van der Waals surface area contributed by atoms with E-state index in [1.54, 1.807) is 7.11 Å². The van der Waals surface area contributed by atoms with E-state index in [4.69, 9.17) is 9.47 Å². The molecule has 1 aromatic carbocycles. The van der Waals surface area contributed by atoms with E-state index in [2.05, 4.69) is 16.1 Å². The van der Waals surface area contributed by atoms with E-state index >= 15 is 0 Å². The third-order valence-electron chi connectivity index (χ3n) is 3.66. The SMILES string of the molecule is COCCCOCCN1CCC/C(=N/O)c2ccccc21. The largest absolute Gasteiger partial charge is 0.411 e. The highest BCUT2D eigenvalue weighted by Gasteiger charge is 2.19. The van der Waals surface area contributed by atoms with Crippen LogP contribution in [0.5, 0.6) is 0 Å². The van der Waals surface area contributed by atoms with Gasteiger partial charge in [0.2, 0.25) is 0 Å². The molecule has 0 aliphatic carbocycles. The monoisotopic (exact) mass is 292 g/mol. The maximum Gasteiger partial charge on any atom is 0.0889 e. The van der Waals surface area contributed by atoms with Crippen molar-refractivity contribution >= 4 is 11.4 Å². The fourth-order valence-electron chi connectivity index (χ4n) is 2.60. The minimum absolute atomic E-state index is 0.698. The summed E-state index contributed by atoms with van der Waals surface area (Å²) in [7, 11) is 1.70. The van der Waals surface area contributed by atoms with Crippen LogP contribution in [0.4, 0.5) is 5.69 Å². The van der Waals surface area contributed by atoms with Crippen LogP contribution in [0.25, 0.3) is 0 Å². The molecule has 5 heteroatoms. The quantitative estimate of drug-likeness (QED) is 0.476. The molecule has 0 amide bonds. The summed E-state index contributed by atoms with van der Waals surface area (Å²) in [5, 5.41) is 12.6. The normalized spacial score (nSPS) is 16.8. The molecule has 0 bridgehead atoms. The van der Waals surface area contributed by atoms with E-state index in [0.717, 1.165) is 62.5 Å². The summed E-state index contributed by atoms with van der Waals surface area (Å²) in [6.45, 7) is 3.97. The van der Waals surface area contributed by atoms with E-state index in [1.807, 2.05) is 18.2 Å². The number of benzene rings is 1. The van der Waals surface area contributed by atoms with Gasteiger partial charge in [-0.25, -0.2) is 0 Å². The molecule has 0 spiro atoms. The van der Waals surface area contributed by atoms with Gasteiger partial charge < -0.3 is 19.6 Å². The minimum atomic E-state index is 0.698. The van der Waals surface area contributed by atoms with Gasteiger partial charge in [0.05, 0.1) is 12.3 Å². The number of hydrogen-bond acceptors (Lipinski definition) is 5. The molecule has 116 valence electrons. The fraction of sp³-hybridized carbons (Fsp3) is 0.562. The molecule has 2 rings (SSSR count). The van der Waals surface area contributed by atoms with Crippen LogP contribution in [0.15, 0.2) is 29.4 Å². The minimum Gasteiger partial charge on any atom is -0.411 e. The highest BCUT2D eigenvalue weighted by atomic mass is 16.5. The van der Waals surface area contributed by atoms with Crippen molar-refractivity contribution in [1.29, 1.82) is 0 Å². The molecule has 1 aliphatic heterocycles. The van der Waals surface area contributed by atoms with E-state index in [1.165, 1.54) is 0 Å². The van der Waals surface area contributed by atoms with Crippen LogP contribution < -0.4 is 4.90 Å². The molecule has 0 radical (unpaired) electrons. The third-order valence-corrected chi connectivity index (χ3v) is 3.66. The lowest BCUT2D eigenvalue weighted by Crippen LogP contribution is -2.28. The molecule has 21 heavy (non-hydrogen) atoms. The van der Waals surface area contributed by atoms with Crippen LogP contribution in [0.1, 0.15) is 24.8 Å². The van der Waals surface area contributed by atoms with Gasteiger partial charge in [-0.2, -0.15) is 0 Å². The van der Waals surface area contributed by atoms with Crippen molar-refractivity contribution < 1.29 is 14.7 Å². The number of nitrogens with zero attached hydrogens (tertiary/aromatic N) is 2. The Labute approximate surface area is 126 Å². The summed E-state index contributed by atoms with van der Waals surface area (Å²) in [5.41, 5.74) is 2.93. The first kappa shape index (κ1) is 15.8. The average Bonchev–Trinajstić information content (AvgIpc) is 2.70. The number of methoxy groups -OCH3 is 1. The number of fused-ring (bicyclic) bond motifs is 1. The number of oxime groups is 1. The molecular formula is C16H24N2O3. The summed E-state index contributed by atoms with van der Waals surface area (Å²) in [6, 6.07) is 8.10. The van der Waals surface area contributed by atoms with Crippen molar-refractivity contribution in [1.82, 2.24) is 0 Å². The molecule has 0 unspecified atom stereocenters. The van der Waals surface area contributed by atoms with Crippen molar-refractivity contribution in [3.63, 3.8) is 0 Å². The number of ether oxygens (including phenoxy) is 2. The molecule has 1 aliphatic rings. The predicted octanol–water partition coefficient (Wildman–Crippen LogP) is 2.52. The first-order chi connectivity index (χ1) is 10.4. The molecular weight excluding hydrogens is 268 g/mol. The average molecular weight is 292 g/mol. The van der Waals surface area contributed by atoms with Gasteiger partial charge in [-0.05, 0) is 25.3 Å². The zero-order chi connectivity index (χ0) is 14.9. The topological polar surface area (TPSA) is 54.3 Å². The molecule has 0 fully saturated rings. The van der Waals surface area contributed by atoms with Crippen molar-refractivity contribution in [3.8, 4) is 0 Å². The second kappa shape index (κ2) is 8.64. The van der Waals surface area contributed by atoms with E-state index in [0.29, 0.717) is 6.61 Å². The second-order valence-electron chi connectivity index (χ2n) is 5.11. The summed E-state index contributed by atoms with van der Waals surface area (Å²) >= 11 is 0. The third kappa shape index (κ3) is 4.44. The Balaban J connectivity index is 1.93. The van der Waals surface area contributed by atoms with Crippen LogP contribution >= 0.6 is 0 Å².